The molecule has 1 aliphatic heterocycles. The Morgan fingerprint density at radius 3 is 3.11 bits per heavy atom. The summed E-state index contributed by atoms with van der Waals surface area (Å²) < 4.78 is 1.09. The molecule has 2 rings (SSSR count). The predicted octanol–water partition coefficient (Wildman–Crippen LogP) is 2.11. The molecule has 0 aliphatic carbocycles. The first-order valence-electron chi connectivity index (χ1n) is 6.46. The summed E-state index contributed by atoms with van der Waals surface area (Å²) in [5, 5.41) is 6.28. The molecular weight excluding hydrogens is 292 g/mol. The van der Waals surface area contributed by atoms with Crippen LogP contribution in [0.1, 0.15) is 18.4 Å². The molecule has 1 aromatic carbocycles. The largest absolute Gasteiger partial charge is 0.356 e. The molecule has 1 saturated heterocycles. The third-order valence-electron chi connectivity index (χ3n) is 3.26. The van der Waals surface area contributed by atoms with Crippen LogP contribution in [-0.4, -0.2) is 25.5 Å². The molecule has 0 bridgehead atoms. The van der Waals surface area contributed by atoms with Gasteiger partial charge in [0.05, 0.1) is 0 Å². The Kier molecular flexibility index (Phi) is 5.20. The molecule has 3 nitrogen and oxygen atoms in total. The number of hydrogen-bond acceptors (Lipinski definition) is 2. The lowest BCUT2D eigenvalue weighted by molar-refractivity contribution is -0.121. The summed E-state index contributed by atoms with van der Waals surface area (Å²) >= 11 is 3.45. The van der Waals surface area contributed by atoms with Crippen LogP contribution in [-0.2, 0) is 11.2 Å². The first kappa shape index (κ1) is 13.6. The van der Waals surface area contributed by atoms with E-state index in [1.807, 2.05) is 12.1 Å². The summed E-state index contributed by atoms with van der Waals surface area (Å²) in [6.07, 6.45) is 2.67. The summed E-state index contributed by atoms with van der Waals surface area (Å²) in [6, 6.07) is 8.20. The molecule has 1 unspecified atom stereocenters. The molecule has 2 N–H and O–H groups in total. The smallest absolute Gasteiger partial charge is 0.220 e. The summed E-state index contributed by atoms with van der Waals surface area (Å²) in [5.74, 6) is 0.703. The van der Waals surface area contributed by atoms with E-state index in [9.17, 15) is 4.79 Å². The van der Waals surface area contributed by atoms with Gasteiger partial charge in [0.15, 0.2) is 0 Å². The second kappa shape index (κ2) is 6.90. The highest BCUT2D eigenvalue weighted by Crippen LogP contribution is 2.13. The minimum Gasteiger partial charge on any atom is -0.356 e. The van der Waals surface area contributed by atoms with Crippen LogP contribution in [0.5, 0.6) is 0 Å². The third-order valence-corrected chi connectivity index (χ3v) is 3.75. The number of rotatable bonds is 5. The Labute approximate surface area is 116 Å². The van der Waals surface area contributed by atoms with Crippen LogP contribution in [0.15, 0.2) is 28.7 Å². The Morgan fingerprint density at radius 1 is 1.50 bits per heavy atom. The van der Waals surface area contributed by atoms with Crippen molar-refractivity contribution in [1.82, 2.24) is 10.6 Å². The highest BCUT2D eigenvalue weighted by molar-refractivity contribution is 9.10. The Hall–Kier alpha value is -0.870. The van der Waals surface area contributed by atoms with Gasteiger partial charge in [0, 0.05) is 17.4 Å². The van der Waals surface area contributed by atoms with Crippen LogP contribution < -0.4 is 10.6 Å². The maximum absolute atomic E-state index is 11.7. The molecule has 98 valence electrons. The second-order valence-corrected chi connectivity index (χ2v) is 5.71. The van der Waals surface area contributed by atoms with E-state index in [-0.39, 0.29) is 5.91 Å². The standard InChI is InChI=1S/C14H19BrN2O/c15-13-3-1-2-11(8-13)5-7-17-14(18)9-12-4-6-16-10-12/h1-3,8,12,16H,4-7,9-10H2,(H,17,18). The van der Waals surface area contributed by atoms with Crippen molar-refractivity contribution in [1.29, 1.82) is 0 Å². The van der Waals surface area contributed by atoms with Crippen LogP contribution in [0.2, 0.25) is 0 Å². The first-order chi connectivity index (χ1) is 8.74. The normalized spacial score (nSPS) is 18.8. The van der Waals surface area contributed by atoms with Gasteiger partial charge in [0.2, 0.25) is 5.91 Å². The summed E-state index contributed by atoms with van der Waals surface area (Å²) in [6.45, 7) is 2.75. The van der Waals surface area contributed by atoms with Crippen LogP contribution in [0.4, 0.5) is 0 Å². The Balaban J connectivity index is 1.66. The van der Waals surface area contributed by atoms with Crippen molar-refractivity contribution in [3.63, 3.8) is 0 Å². The fourth-order valence-electron chi connectivity index (χ4n) is 2.26. The molecule has 1 heterocycles. The molecule has 0 radical (unpaired) electrons. The van der Waals surface area contributed by atoms with E-state index >= 15 is 0 Å². The average molecular weight is 311 g/mol. The van der Waals surface area contributed by atoms with Gasteiger partial charge in [-0.15, -0.1) is 0 Å². The summed E-state index contributed by atoms with van der Waals surface area (Å²) in [7, 11) is 0. The predicted molar refractivity (Wildman–Crippen MR) is 76.4 cm³/mol. The molecule has 0 saturated carbocycles. The zero-order chi connectivity index (χ0) is 12.8. The van der Waals surface area contributed by atoms with E-state index in [0.717, 1.165) is 36.9 Å². The van der Waals surface area contributed by atoms with Crippen molar-refractivity contribution >= 4 is 21.8 Å². The van der Waals surface area contributed by atoms with Crippen molar-refractivity contribution in [3.8, 4) is 0 Å². The lowest BCUT2D eigenvalue weighted by atomic mass is 10.0. The Bertz CT molecular complexity index is 403. The minimum atomic E-state index is 0.179. The molecule has 1 aromatic rings. The molecule has 1 atom stereocenters. The van der Waals surface area contributed by atoms with Crippen molar-refractivity contribution in [2.75, 3.05) is 19.6 Å². The number of carbonyl (C=O) groups excluding carboxylic acids is 1. The lowest BCUT2D eigenvalue weighted by Gasteiger charge is -2.09. The van der Waals surface area contributed by atoms with Crippen molar-refractivity contribution in [2.45, 2.75) is 19.3 Å². The van der Waals surface area contributed by atoms with Crippen molar-refractivity contribution in [2.24, 2.45) is 5.92 Å². The van der Waals surface area contributed by atoms with E-state index in [1.54, 1.807) is 0 Å². The monoisotopic (exact) mass is 310 g/mol. The second-order valence-electron chi connectivity index (χ2n) is 4.79. The lowest BCUT2D eigenvalue weighted by Crippen LogP contribution is -2.28. The maximum atomic E-state index is 11.7. The molecule has 0 aromatic heterocycles. The van der Waals surface area contributed by atoms with Gasteiger partial charge in [-0.25, -0.2) is 0 Å². The number of nitrogens with one attached hydrogen (secondary N) is 2. The van der Waals surface area contributed by atoms with Gasteiger partial charge in [-0.05, 0) is 49.5 Å². The van der Waals surface area contributed by atoms with Gasteiger partial charge in [0.1, 0.15) is 0 Å². The number of hydrogen-bond donors (Lipinski definition) is 2. The number of carbonyl (C=O) groups is 1. The first-order valence-corrected chi connectivity index (χ1v) is 7.25. The maximum Gasteiger partial charge on any atom is 0.220 e. The van der Waals surface area contributed by atoms with Crippen molar-refractivity contribution in [3.05, 3.63) is 34.3 Å². The third kappa shape index (κ3) is 4.42. The number of benzene rings is 1. The number of halogens is 1. The Morgan fingerprint density at radius 2 is 2.39 bits per heavy atom. The number of amides is 1. The van der Waals surface area contributed by atoms with Crippen LogP contribution >= 0.6 is 15.9 Å². The van der Waals surface area contributed by atoms with E-state index < -0.39 is 0 Å². The van der Waals surface area contributed by atoms with E-state index in [2.05, 4.69) is 38.7 Å². The van der Waals surface area contributed by atoms with Gasteiger partial charge in [-0.2, -0.15) is 0 Å². The van der Waals surface area contributed by atoms with Gasteiger partial charge in [0.25, 0.3) is 0 Å². The summed E-state index contributed by atoms with van der Waals surface area (Å²) in [4.78, 5) is 11.7. The van der Waals surface area contributed by atoms with E-state index in [0.29, 0.717) is 12.3 Å². The minimum absolute atomic E-state index is 0.179. The fourth-order valence-corrected chi connectivity index (χ4v) is 2.71. The van der Waals surface area contributed by atoms with Gasteiger partial charge >= 0.3 is 0 Å². The quantitative estimate of drug-likeness (QED) is 0.874. The van der Waals surface area contributed by atoms with E-state index in [1.165, 1.54) is 5.56 Å². The van der Waals surface area contributed by atoms with Crippen molar-refractivity contribution < 1.29 is 4.79 Å². The molecular formula is C14H19BrN2O. The molecule has 1 fully saturated rings. The molecule has 18 heavy (non-hydrogen) atoms. The van der Waals surface area contributed by atoms with Gasteiger partial charge < -0.3 is 10.6 Å². The SMILES string of the molecule is O=C(CC1CCNC1)NCCc1cccc(Br)c1. The highest BCUT2D eigenvalue weighted by Gasteiger charge is 2.17. The molecule has 1 aliphatic rings. The average Bonchev–Trinajstić information content (AvgIpc) is 2.82. The topological polar surface area (TPSA) is 41.1 Å². The van der Waals surface area contributed by atoms with Crippen LogP contribution in [0, 0.1) is 5.92 Å². The fraction of sp³-hybridized carbons (Fsp3) is 0.500. The molecule has 4 heteroatoms. The molecule has 0 spiro atoms. The van der Waals surface area contributed by atoms with Crippen LogP contribution in [0.3, 0.4) is 0 Å². The highest BCUT2D eigenvalue weighted by atomic mass is 79.9. The zero-order valence-corrected chi connectivity index (χ0v) is 12.0. The van der Waals surface area contributed by atoms with E-state index in [4.69, 9.17) is 0 Å². The molecule has 1 amide bonds. The zero-order valence-electron chi connectivity index (χ0n) is 10.4. The van der Waals surface area contributed by atoms with Gasteiger partial charge in [-0.1, -0.05) is 28.1 Å². The van der Waals surface area contributed by atoms with Gasteiger partial charge in [-0.3, -0.25) is 4.79 Å². The van der Waals surface area contributed by atoms with Crippen LogP contribution in [0.25, 0.3) is 0 Å². The summed E-state index contributed by atoms with van der Waals surface area (Å²) in [5.41, 5.74) is 1.24.